The molecular weight excluding hydrogens is 414 g/mol. The average molecular weight is 438 g/mol. The summed E-state index contributed by atoms with van der Waals surface area (Å²) >= 11 is 0. The maximum Gasteiger partial charge on any atom is 0.289 e. The van der Waals surface area contributed by atoms with Crippen LogP contribution in [0.3, 0.4) is 0 Å². The van der Waals surface area contributed by atoms with Crippen LogP contribution in [0, 0.1) is 10.1 Å². The number of nitro groups is 1. The molecule has 0 fully saturated rings. The molecule has 0 spiro atoms. The second kappa shape index (κ2) is 10.1. The molecule has 3 rings (SSSR count). The van der Waals surface area contributed by atoms with Gasteiger partial charge in [-0.05, 0) is 23.6 Å². The van der Waals surface area contributed by atoms with Crippen molar-refractivity contribution in [3.63, 3.8) is 0 Å². The zero-order valence-electron chi connectivity index (χ0n) is 16.7. The van der Waals surface area contributed by atoms with Gasteiger partial charge in [-0.25, -0.2) is 13.1 Å². The largest absolute Gasteiger partial charge is 0.323 e. The van der Waals surface area contributed by atoms with Gasteiger partial charge in [0.05, 0.1) is 4.92 Å². The van der Waals surface area contributed by atoms with Crippen LogP contribution in [0.4, 0.5) is 5.69 Å². The first-order valence-corrected chi connectivity index (χ1v) is 11.1. The molecule has 0 amide bonds. The first-order valence-electron chi connectivity index (χ1n) is 9.65. The van der Waals surface area contributed by atoms with E-state index in [0.29, 0.717) is 6.42 Å². The first kappa shape index (κ1) is 22.4. The fraction of sp³-hybridized carbons (Fsp3) is 0.130. The van der Waals surface area contributed by atoms with E-state index in [1.165, 1.54) is 18.2 Å². The van der Waals surface area contributed by atoms with Crippen molar-refractivity contribution in [2.24, 2.45) is 5.73 Å². The normalized spacial score (nSPS) is 13.7. The molecule has 3 aromatic carbocycles. The molecule has 31 heavy (non-hydrogen) atoms. The van der Waals surface area contributed by atoms with E-state index in [2.05, 4.69) is 4.72 Å². The second-order valence-electron chi connectivity index (χ2n) is 6.99. The Kier molecular flexibility index (Phi) is 7.30. The summed E-state index contributed by atoms with van der Waals surface area (Å²) in [4.78, 5) is 10.2. The fourth-order valence-corrected chi connectivity index (χ4v) is 4.58. The maximum absolute atomic E-state index is 13.0. The highest BCUT2D eigenvalue weighted by Gasteiger charge is 2.29. The van der Waals surface area contributed by atoms with E-state index >= 15 is 0 Å². The molecular formula is C23H23N3O4S. The maximum atomic E-state index is 13.0. The molecule has 160 valence electrons. The van der Waals surface area contributed by atoms with Gasteiger partial charge in [0, 0.05) is 18.2 Å². The molecule has 0 saturated carbocycles. The van der Waals surface area contributed by atoms with Crippen molar-refractivity contribution in [3.8, 4) is 0 Å². The lowest BCUT2D eigenvalue weighted by molar-refractivity contribution is -0.387. The highest BCUT2D eigenvalue weighted by molar-refractivity contribution is 7.89. The average Bonchev–Trinajstić information content (AvgIpc) is 2.78. The summed E-state index contributed by atoms with van der Waals surface area (Å²) < 4.78 is 28.7. The van der Waals surface area contributed by atoms with Crippen LogP contribution < -0.4 is 10.5 Å². The highest BCUT2D eigenvalue weighted by Crippen LogP contribution is 2.23. The number of sulfonamides is 1. The number of nitrogens with zero attached hydrogens (tertiary/aromatic N) is 1. The number of para-hydroxylation sites is 1. The third-order valence-electron chi connectivity index (χ3n) is 4.73. The Bertz CT molecular complexity index is 1150. The highest BCUT2D eigenvalue weighted by atomic mass is 32.2. The van der Waals surface area contributed by atoms with Crippen molar-refractivity contribution < 1.29 is 13.3 Å². The molecule has 0 aromatic heterocycles. The van der Waals surface area contributed by atoms with Gasteiger partial charge in [0.15, 0.2) is 4.90 Å². The molecule has 7 nitrogen and oxygen atoms in total. The number of hydrogen-bond acceptors (Lipinski definition) is 5. The Morgan fingerprint density at radius 2 is 1.52 bits per heavy atom. The van der Waals surface area contributed by atoms with Crippen molar-refractivity contribution in [2.75, 3.05) is 0 Å². The SMILES string of the molecule is N[C@H](/C=C\c1ccccc1)[C@H](Cc1ccccc1)NS(=O)(=O)c1ccccc1[N+](=O)[O-]. The van der Waals surface area contributed by atoms with Gasteiger partial charge in [0.2, 0.25) is 10.0 Å². The molecule has 2 atom stereocenters. The summed E-state index contributed by atoms with van der Waals surface area (Å²) in [7, 11) is -4.19. The second-order valence-corrected chi connectivity index (χ2v) is 8.67. The quantitative estimate of drug-likeness (QED) is 0.392. The Labute approximate surface area is 181 Å². The van der Waals surface area contributed by atoms with E-state index < -0.39 is 37.6 Å². The van der Waals surface area contributed by atoms with E-state index in [0.717, 1.165) is 17.2 Å². The van der Waals surface area contributed by atoms with Crippen molar-refractivity contribution in [1.29, 1.82) is 0 Å². The molecule has 0 unspecified atom stereocenters. The zero-order valence-corrected chi connectivity index (χ0v) is 17.5. The summed E-state index contributed by atoms with van der Waals surface area (Å²) in [6.45, 7) is 0. The van der Waals surface area contributed by atoms with Crippen molar-refractivity contribution in [2.45, 2.75) is 23.4 Å². The molecule has 0 aliphatic heterocycles. The summed E-state index contributed by atoms with van der Waals surface area (Å²) in [6.07, 6.45) is 3.87. The van der Waals surface area contributed by atoms with Crippen molar-refractivity contribution >= 4 is 21.8 Å². The van der Waals surface area contributed by atoms with E-state index in [1.54, 1.807) is 6.08 Å². The lowest BCUT2D eigenvalue weighted by Crippen LogP contribution is -2.48. The molecule has 3 N–H and O–H groups in total. The number of benzene rings is 3. The topological polar surface area (TPSA) is 115 Å². The smallest absolute Gasteiger partial charge is 0.289 e. The number of nitrogens with one attached hydrogen (secondary N) is 1. The minimum Gasteiger partial charge on any atom is -0.323 e. The van der Waals surface area contributed by atoms with Crippen LogP contribution in [0.5, 0.6) is 0 Å². The minimum atomic E-state index is -4.19. The predicted molar refractivity (Wildman–Crippen MR) is 121 cm³/mol. The third kappa shape index (κ3) is 6.08. The molecule has 3 aromatic rings. The van der Waals surface area contributed by atoms with Crippen LogP contribution in [0.25, 0.3) is 6.08 Å². The van der Waals surface area contributed by atoms with Crippen molar-refractivity contribution in [1.82, 2.24) is 4.72 Å². The standard InChI is InChI=1S/C23H23N3O4S/c24-20(16-15-18-9-3-1-4-10-18)21(17-19-11-5-2-6-12-19)25-31(29,30)23-14-8-7-13-22(23)26(27)28/h1-16,20-21,25H,17,24H2/b16-15-/t20-,21+/m1/s1. The third-order valence-corrected chi connectivity index (χ3v) is 6.27. The summed E-state index contributed by atoms with van der Waals surface area (Å²) in [5, 5.41) is 11.3. The lowest BCUT2D eigenvalue weighted by Gasteiger charge is -2.23. The molecule has 0 saturated heterocycles. The lowest BCUT2D eigenvalue weighted by atomic mass is 10.00. The molecule has 0 radical (unpaired) electrons. The van der Waals surface area contributed by atoms with Crippen LogP contribution in [-0.2, 0) is 16.4 Å². The summed E-state index contributed by atoms with van der Waals surface area (Å²) in [5.41, 5.74) is 7.68. The Morgan fingerprint density at radius 1 is 0.935 bits per heavy atom. The van der Waals surface area contributed by atoms with Gasteiger partial charge >= 0.3 is 0 Å². The van der Waals surface area contributed by atoms with Crippen molar-refractivity contribution in [3.05, 3.63) is 112 Å². The van der Waals surface area contributed by atoms with E-state index in [4.69, 9.17) is 5.73 Å². The van der Waals surface area contributed by atoms with Gasteiger partial charge in [0.1, 0.15) is 0 Å². The van der Waals surface area contributed by atoms with Crippen LogP contribution in [0.15, 0.2) is 95.9 Å². The van der Waals surface area contributed by atoms with Gasteiger partial charge in [-0.2, -0.15) is 0 Å². The zero-order chi connectivity index (χ0) is 22.3. The number of nitro benzene ring substituents is 1. The van der Waals surface area contributed by atoms with Crippen LogP contribution in [0.2, 0.25) is 0 Å². The summed E-state index contributed by atoms with van der Waals surface area (Å²) in [6, 6.07) is 22.7. The van der Waals surface area contributed by atoms with Crippen LogP contribution >= 0.6 is 0 Å². The molecule has 0 aliphatic rings. The fourth-order valence-electron chi connectivity index (χ4n) is 3.14. The van der Waals surface area contributed by atoms with Gasteiger partial charge < -0.3 is 5.73 Å². The molecule has 0 bridgehead atoms. The van der Waals surface area contributed by atoms with Gasteiger partial charge in [-0.3, -0.25) is 10.1 Å². The van der Waals surface area contributed by atoms with E-state index in [1.807, 2.05) is 66.7 Å². The number of rotatable bonds is 9. The monoisotopic (exact) mass is 437 g/mol. The number of hydrogen-bond donors (Lipinski definition) is 2. The molecule has 8 heteroatoms. The summed E-state index contributed by atoms with van der Waals surface area (Å²) in [5.74, 6) is 0. The Morgan fingerprint density at radius 3 is 2.16 bits per heavy atom. The van der Waals surface area contributed by atoms with Crippen LogP contribution in [0.1, 0.15) is 11.1 Å². The Balaban J connectivity index is 1.91. The van der Waals surface area contributed by atoms with E-state index in [-0.39, 0.29) is 0 Å². The van der Waals surface area contributed by atoms with Gasteiger partial charge in [0.25, 0.3) is 5.69 Å². The van der Waals surface area contributed by atoms with Crippen LogP contribution in [-0.4, -0.2) is 25.4 Å². The van der Waals surface area contributed by atoms with Gasteiger partial charge in [-0.15, -0.1) is 0 Å². The molecule has 0 heterocycles. The first-order chi connectivity index (χ1) is 14.9. The molecule has 0 aliphatic carbocycles. The predicted octanol–water partition coefficient (Wildman–Crippen LogP) is 3.53. The van der Waals surface area contributed by atoms with E-state index in [9.17, 15) is 18.5 Å². The Hall–Kier alpha value is -3.33. The van der Waals surface area contributed by atoms with Gasteiger partial charge in [-0.1, -0.05) is 84.9 Å². The minimum absolute atomic E-state index is 0.320. The number of nitrogens with two attached hydrogens (primary N) is 1.